The number of carboxylic acids is 1. The summed E-state index contributed by atoms with van der Waals surface area (Å²) < 4.78 is 1.23. The number of hydrogen-bond donors (Lipinski definition) is 3. The first kappa shape index (κ1) is 12.1. The molecule has 0 aromatic carbocycles. The number of fused-ring (bicyclic) bond motifs is 1. The highest BCUT2D eigenvalue weighted by molar-refractivity contribution is 5.69. The summed E-state index contributed by atoms with van der Waals surface area (Å²) in [4.78, 5) is 42.3. The molecule has 0 atom stereocenters. The average Bonchev–Trinajstić information content (AvgIpc) is 2.70. The number of aryl methyl sites for hydroxylation is 2. The van der Waals surface area contributed by atoms with Gasteiger partial charge < -0.3 is 10.1 Å². The van der Waals surface area contributed by atoms with E-state index in [1.54, 1.807) is 0 Å². The molecule has 3 N–H and O–H groups in total. The molecule has 0 aliphatic heterocycles. The number of H-pyrrole nitrogens is 2. The lowest BCUT2D eigenvalue weighted by Crippen LogP contribution is -2.28. The molecule has 0 saturated carbocycles. The molecule has 2 aromatic heterocycles. The summed E-state index contributed by atoms with van der Waals surface area (Å²) in [7, 11) is 1.50. The van der Waals surface area contributed by atoms with Gasteiger partial charge in [-0.05, 0) is 6.42 Å². The number of imidazole rings is 1. The van der Waals surface area contributed by atoms with Crippen LogP contribution in [-0.4, -0.2) is 30.6 Å². The van der Waals surface area contributed by atoms with E-state index in [1.807, 2.05) is 0 Å². The average molecular weight is 252 g/mol. The van der Waals surface area contributed by atoms with Crippen molar-refractivity contribution in [1.82, 2.24) is 19.5 Å². The third kappa shape index (κ3) is 2.17. The van der Waals surface area contributed by atoms with Crippen molar-refractivity contribution in [3.8, 4) is 0 Å². The second-order valence-electron chi connectivity index (χ2n) is 3.95. The number of rotatable bonds is 4. The molecule has 0 spiro atoms. The molecular weight excluding hydrogens is 240 g/mol. The molecule has 0 fully saturated rings. The maximum Gasteiger partial charge on any atom is 0.329 e. The molecule has 0 aliphatic carbocycles. The van der Waals surface area contributed by atoms with Crippen LogP contribution in [0.1, 0.15) is 18.7 Å². The Balaban J connectivity index is 2.36. The summed E-state index contributed by atoms with van der Waals surface area (Å²) in [6.07, 6.45) is 0.863. The van der Waals surface area contributed by atoms with Crippen LogP contribution in [0, 0.1) is 0 Å². The summed E-state index contributed by atoms with van der Waals surface area (Å²) in [5, 5.41) is 8.52. The first-order valence-corrected chi connectivity index (χ1v) is 5.38. The van der Waals surface area contributed by atoms with Crippen molar-refractivity contribution in [2.45, 2.75) is 19.3 Å². The fourth-order valence-corrected chi connectivity index (χ4v) is 1.68. The molecule has 8 heteroatoms. The number of aromatic nitrogens is 4. The van der Waals surface area contributed by atoms with E-state index in [0.29, 0.717) is 18.7 Å². The summed E-state index contributed by atoms with van der Waals surface area (Å²) in [5.74, 6) is -0.380. The second kappa shape index (κ2) is 4.47. The molecule has 18 heavy (non-hydrogen) atoms. The van der Waals surface area contributed by atoms with Crippen molar-refractivity contribution in [2.24, 2.45) is 7.05 Å². The maximum atomic E-state index is 11.5. The molecule has 96 valence electrons. The fourth-order valence-electron chi connectivity index (χ4n) is 1.68. The number of carboxylic acid groups (broad SMARTS) is 1. The minimum absolute atomic E-state index is 0.0341. The molecule has 2 aromatic rings. The lowest BCUT2D eigenvalue weighted by Gasteiger charge is -1.94. The van der Waals surface area contributed by atoms with Gasteiger partial charge in [0.15, 0.2) is 5.65 Å². The standard InChI is InChI=1S/C10H12N4O4/c1-14-8-7(9(17)13-10(14)18)11-5(12-8)3-2-4-6(15)16/h2-4H2,1H3,(H,11,12)(H,15,16)(H,13,17,18). The zero-order valence-corrected chi connectivity index (χ0v) is 9.69. The van der Waals surface area contributed by atoms with Crippen molar-refractivity contribution in [1.29, 1.82) is 0 Å². The predicted octanol–water partition coefficient (Wildman–Crippen LogP) is -0.643. The molecule has 2 rings (SSSR count). The van der Waals surface area contributed by atoms with E-state index in [2.05, 4.69) is 15.0 Å². The van der Waals surface area contributed by atoms with E-state index in [1.165, 1.54) is 11.6 Å². The van der Waals surface area contributed by atoms with Gasteiger partial charge in [0, 0.05) is 19.9 Å². The van der Waals surface area contributed by atoms with Gasteiger partial charge in [-0.3, -0.25) is 19.1 Å². The number of nitrogens with zero attached hydrogens (tertiary/aromatic N) is 2. The molecule has 0 saturated heterocycles. The van der Waals surface area contributed by atoms with Crippen LogP contribution in [0.25, 0.3) is 11.2 Å². The van der Waals surface area contributed by atoms with Gasteiger partial charge in [-0.25, -0.2) is 9.78 Å². The number of nitrogens with one attached hydrogen (secondary N) is 2. The number of aromatic amines is 2. The van der Waals surface area contributed by atoms with E-state index >= 15 is 0 Å². The maximum absolute atomic E-state index is 11.5. The third-order valence-electron chi connectivity index (χ3n) is 2.61. The Morgan fingerprint density at radius 3 is 2.78 bits per heavy atom. The topological polar surface area (TPSA) is 121 Å². The van der Waals surface area contributed by atoms with Crippen molar-refractivity contribution in [3.63, 3.8) is 0 Å². The van der Waals surface area contributed by atoms with E-state index in [4.69, 9.17) is 5.11 Å². The lowest BCUT2D eigenvalue weighted by molar-refractivity contribution is -0.137. The minimum atomic E-state index is -0.878. The van der Waals surface area contributed by atoms with Gasteiger partial charge in [-0.15, -0.1) is 0 Å². The Kier molecular flexibility index (Phi) is 3.00. The van der Waals surface area contributed by atoms with Gasteiger partial charge in [0.05, 0.1) is 0 Å². The SMILES string of the molecule is Cn1c(=O)[nH]c(=O)c2[nH]c(CCCC(=O)O)nc21. The highest BCUT2D eigenvalue weighted by atomic mass is 16.4. The Bertz CT molecular complexity index is 709. The summed E-state index contributed by atoms with van der Waals surface area (Å²) >= 11 is 0. The molecule has 2 heterocycles. The summed E-state index contributed by atoms with van der Waals surface area (Å²) in [6, 6.07) is 0. The van der Waals surface area contributed by atoms with Gasteiger partial charge in [0.25, 0.3) is 5.56 Å². The highest BCUT2D eigenvalue weighted by Crippen LogP contribution is 2.06. The van der Waals surface area contributed by atoms with Crippen LogP contribution >= 0.6 is 0 Å². The quantitative estimate of drug-likeness (QED) is 0.668. The Hall–Kier alpha value is -2.38. The van der Waals surface area contributed by atoms with Crippen LogP contribution in [0.2, 0.25) is 0 Å². The van der Waals surface area contributed by atoms with Gasteiger partial charge in [0.1, 0.15) is 11.3 Å². The molecule has 0 unspecified atom stereocenters. The van der Waals surface area contributed by atoms with Crippen LogP contribution in [0.5, 0.6) is 0 Å². The molecule has 8 nitrogen and oxygen atoms in total. The predicted molar refractivity (Wildman–Crippen MR) is 62.5 cm³/mol. The Morgan fingerprint density at radius 1 is 1.39 bits per heavy atom. The molecular formula is C10H12N4O4. The van der Waals surface area contributed by atoms with Crippen LogP contribution in [0.4, 0.5) is 0 Å². The molecule has 0 bridgehead atoms. The Morgan fingerprint density at radius 2 is 2.11 bits per heavy atom. The highest BCUT2D eigenvalue weighted by Gasteiger charge is 2.10. The normalized spacial score (nSPS) is 10.9. The van der Waals surface area contributed by atoms with Crippen molar-refractivity contribution >= 4 is 17.1 Å². The molecule has 0 amide bonds. The lowest BCUT2D eigenvalue weighted by atomic mass is 10.2. The minimum Gasteiger partial charge on any atom is -0.481 e. The smallest absolute Gasteiger partial charge is 0.329 e. The van der Waals surface area contributed by atoms with Crippen molar-refractivity contribution in [2.75, 3.05) is 0 Å². The van der Waals surface area contributed by atoms with Crippen LogP contribution < -0.4 is 11.2 Å². The monoisotopic (exact) mass is 252 g/mol. The van der Waals surface area contributed by atoms with E-state index in [9.17, 15) is 14.4 Å². The largest absolute Gasteiger partial charge is 0.481 e. The summed E-state index contributed by atoms with van der Waals surface area (Å²) in [5.41, 5.74) is -0.558. The van der Waals surface area contributed by atoms with Crippen LogP contribution in [0.3, 0.4) is 0 Å². The van der Waals surface area contributed by atoms with Gasteiger partial charge in [-0.2, -0.15) is 0 Å². The molecule has 0 radical (unpaired) electrons. The van der Waals surface area contributed by atoms with E-state index in [0.717, 1.165) is 0 Å². The van der Waals surface area contributed by atoms with Gasteiger partial charge in [0.2, 0.25) is 0 Å². The van der Waals surface area contributed by atoms with Crippen molar-refractivity contribution in [3.05, 3.63) is 26.7 Å². The zero-order valence-electron chi connectivity index (χ0n) is 9.69. The van der Waals surface area contributed by atoms with Crippen molar-refractivity contribution < 1.29 is 9.90 Å². The fraction of sp³-hybridized carbons (Fsp3) is 0.400. The van der Waals surface area contributed by atoms with Gasteiger partial charge in [-0.1, -0.05) is 0 Å². The van der Waals surface area contributed by atoms with E-state index in [-0.39, 0.29) is 17.6 Å². The first-order valence-electron chi connectivity index (χ1n) is 5.38. The molecule has 0 aliphatic rings. The first-order chi connectivity index (χ1) is 8.49. The number of carbonyl (C=O) groups is 1. The number of hydrogen-bond acceptors (Lipinski definition) is 4. The number of aliphatic carboxylic acids is 1. The van der Waals surface area contributed by atoms with E-state index < -0.39 is 17.2 Å². The summed E-state index contributed by atoms with van der Waals surface area (Å²) in [6.45, 7) is 0. The van der Waals surface area contributed by atoms with Crippen LogP contribution in [0.15, 0.2) is 9.59 Å². The zero-order chi connectivity index (χ0) is 13.3. The van der Waals surface area contributed by atoms with Crippen LogP contribution in [-0.2, 0) is 18.3 Å². The third-order valence-corrected chi connectivity index (χ3v) is 2.61. The second-order valence-corrected chi connectivity index (χ2v) is 3.95. The Labute approximate surface area is 100 Å². The van der Waals surface area contributed by atoms with Gasteiger partial charge >= 0.3 is 11.7 Å².